The van der Waals surface area contributed by atoms with Gasteiger partial charge in [-0.3, -0.25) is 9.69 Å². The SMILES string of the molecule is O=C(CN1CCN(c2nccs2)CC1)c1ccc(Cl)cc1. The number of carbonyl (C=O) groups excluding carboxylic acids is 1. The largest absolute Gasteiger partial charge is 0.346 e. The summed E-state index contributed by atoms with van der Waals surface area (Å²) in [5.74, 6) is 0.148. The number of anilines is 1. The molecule has 1 saturated heterocycles. The Balaban J connectivity index is 1.53. The summed E-state index contributed by atoms with van der Waals surface area (Å²) in [5.41, 5.74) is 0.724. The molecule has 0 bridgehead atoms. The van der Waals surface area contributed by atoms with Crippen molar-refractivity contribution < 1.29 is 4.79 Å². The van der Waals surface area contributed by atoms with Crippen molar-refractivity contribution in [3.63, 3.8) is 0 Å². The molecule has 110 valence electrons. The maximum Gasteiger partial charge on any atom is 0.185 e. The van der Waals surface area contributed by atoms with E-state index < -0.39 is 0 Å². The molecule has 1 aliphatic rings. The van der Waals surface area contributed by atoms with Crippen LogP contribution in [0, 0.1) is 0 Å². The first-order chi connectivity index (χ1) is 10.2. The Labute approximate surface area is 133 Å². The Morgan fingerprint density at radius 1 is 1.19 bits per heavy atom. The summed E-state index contributed by atoms with van der Waals surface area (Å²) in [7, 11) is 0. The zero-order chi connectivity index (χ0) is 14.7. The van der Waals surface area contributed by atoms with Crippen LogP contribution in [-0.2, 0) is 0 Å². The van der Waals surface area contributed by atoms with E-state index in [1.165, 1.54) is 0 Å². The predicted molar refractivity (Wildman–Crippen MR) is 86.5 cm³/mol. The van der Waals surface area contributed by atoms with E-state index in [1.54, 1.807) is 35.6 Å². The van der Waals surface area contributed by atoms with Gasteiger partial charge in [0, 0.05) is 48.3 Å². The lowest BCUT2D eigenvalue weighted by Gasteiger charge is -2.34. The monoisotopic (exact) mass is 321 g/mol. The van der Waals surface area contributed by atoms with Gasteiger partial charge in [-0.25, -0.2) is 4.98 Å². The second kappa shape index (κ2) is 6.56. The van der Waals surface area contributed by atoms with Crippen molar-refractivity contribution in [1.29, 1.82) is 0 Å². The van der Waals surface area contributed by atoms with E-state index in [4.69, 9.17) is 11.6 Å². The molecule has 0 unspecified atom stereocenters. The first-order valence-corrected chi connectivity index (χ1v) is 8.14. The molecule has 21 heavy (non-hydrogen) atoms. The van der Waals surface area contributed by atoms with Crippen LogP contribution in [0.1, 0.15) is 10.4 Å². The fourth-order valence-electron chi connectivity index (χ4n) is 2.40. The molecule has 0 radical (unpaired) electrons. The quantitative estimate of drug-likeness (QED) is 0.811. The fourth-order valence-corrected chi connectivity index (χ4v) is 3.22. The highest BCUT2D eigenvalue weighted by Gasteiger charge is 2.20. The van der Waals surface area contributed by atoms with Crippen LogP contribution in [0.5, 0.6) is 0 Å². The van der Waals surface area contributed by atoms with Crippen molar-refractivity contribution in [2.45, 2.75) is 0 Å². The van der Waals surface area contributed by atoms with Gasteiger partial charge in [0.05, 0.1) is 6.54 Å². The number of nitrogens with zero attached hydrogens (tertiary/aromatic N) is 3. The van der Waals surface area contributed by atoms with Crippen LogP contribution in [0.25, 0.3) is 0 Å². The topological polar surface area (TPSA) is 36.4 Å². The van der Waals surface area contributed by atoms with Gasteiger partial charge in [-0.1, -0.05) is 11.6 Å². The molecule has 1 fully saturated rings. The van der Waals surface area contributed by atoms with Crippen LogP contribution < -0.4 is 4.90 Å². The number of piperazine rings is 1. The molecule has 0 N–H and O–H groups in total. The van der Waals surface area contributed by atoms with Gasteiger partial charge in [0.1, 0.15) is 0 Å². The molecule has 1 aromatic carbocycles. The van der Waals surface area contributed by atoms with E-state index in [0.717, 1.165) is 36.9 Å². The number of hydrogen-bond acceptors (Lipinski definition) is 5. The van der Waals surface area contributed by atoms with Gasteiger partial charge >= 0.3 is 0 Å². The van der Waals surface area contributed by atoms with Gasteiger partial charge in [-0.05, 0) is 24.3 Å². The lowest BCUT2D eigenvalue weighted by atomic mass is 10.1. The van der Waals surface area contributed by atoms with Crippen molar-refractivity contribution >= 4 is 33.9 Å². The first-order valence-electron chi connectivity index (χ1n) is 6.88. The summed E-state index contributed by atoms with van der Waals surface area (Å²) in [5, 5.41) is 3.72. The van der Waals surface area contributed by atoms with Gasteiger partial charge in [0.2, 0.25) is 0 Å². The summed E-state index contributed by atoms with van der Waals surface area (Å²) >= 11 is 7.50. The highest BCUT2D eigenvalue weighted by molar-refractivity contribution is 7.13. The molecule has 0 atom stereocenters. The standard InChI is InChI=1S/C15H16ClN3OS/c16-13-3-1-12(2-4-13)14(20)11-18-6-8-19(9-7-18)15-17-5-10-21-15/h1-5,10H,6-9,11H2. The van der Waals surface area contributed by atoms with Gasteiger partial charge in [-0.2, -0.15) is 0 Å². The Hall–Kier alpha value is -1.43. The lowest BCUT2D eigenvalue weighted by molar-refractivity contribution is 0.0926. The second-order valence-electron chi connectivity index (χ2n) is 5.01. The molecule has 0 amide bonds. The third kappa shape index (κ3) is 3.61. The van der Waals surface area contributed by atoms with Gasteiger partial charge < -0.3 is 4.90 Å². The molecule has 1 aromatic heterocycles. The highest BCUT2D eigenvalue weighted by Crippen LogP contribution is 2.19. The van der Waals surface area contributed by atoms with Crippen LogP contribution in [0.2, 0.25) is 5.02 Å². The highest BCUT2D eigenvalue weighted by atomic mass is 35.5. The molecule has 2 aromatic rings. The molecular weight excluding hydrogens is 306 g/mol. The van der Waals surface area contributed by atoms with Crippen molar-refractivity contribution in [2.75, 3.05) is 37.6 Å². The summed E-state index contributed by atoms with van der Waals surface area (Å²) in [6, 6.07) is 7.09. The fraction of sp³-hybridized carbons (Fsp3) is 0.333. The molecule has 2 heterocycles. The molecule has 0 saturated carbocycles. The summed E-state index contributed by atoms with van der Waals surface area (Å²) < 4.78 is 0. The van der Waals surface area contributed by atoms with Gasteiger partial charge in [0.25, 0.3) is 0 Å². The van der Waals surface area contributed by atoms with Crippen molar-refractivity contribution in [3.8, 4) is 0 Å². The van der Waals surface area contributed by atoms with E-state index in [-0.39, 0.29) is 5.78 Å². The number of hydrogen-bond donors (Lipinski definition) is 0. The van der Waals surface area contributed by atoms with Crippen molar-refractivity contribution in [1.82, 2.24) is 9.88 Å². The minimum atomic E-state index is 0.148. The summed E-state index contributed by atoms with van der Waals surface area (Å²) in [4.78, 5) is 21.0. The predicted octanol–water partition coefficient (Wildman–Crippen LogP) is 2.80. The lowest BCUT2D eigenvalue weighted by Crippen LogP contribution is -2.48. The zero-order valence-electron chi connectivity index (χ0n) is 11.5. The van der Waals surface area contributed by atoms with E-state index in [9.17, 15) is 4.79 Å². The van der Waals surface area contributed by atoms with E-state index in [1.807, 2.05) is 11.6 Å². The van der Waals surface area contributed by atoms with Crippen molar-refractivity contribution in [2.24, 2.45) is 0 Å². The first kappa shape index (κ1) is 14.5. The van der Waals surface area contributed by atoms with E-state index in [0.29, 0.717) is 11.6 Å². The average Bonchev–Trinajstić information content (AvgIpc) is 3.03. The molecule has 0 spiro atoms. The Morgan fingerprint density at radius 2 is 1.90 bits per heavy atom. The van der Waals surface area contributed by atoms with Crippen LogP contribution in [0.4, 0.5) is 5.13 Å². The number of Topliss-reactive ketones (excluding diaryl/α,β-unsaturated/α-hetero) is 1. The number of thiazole rings is 1. The summed E-state index contributed by atoms with van der Waals surface area (Å²) in [6.45, 7) is 4.08. The maximum atomic E-state index is 12.2. The van der Waals surface area contributed by atoms with Crippen LogP contribution in [0.15, 0.2) is 35.8 Å². The Bertz CT molecular complexity index is 592. The van der Waals surface area contributed by atoms with E-state index in [2.05, 4.69) is 14.8 Å². The Kier molecular flexibility index (Phi) is 4.53. The minimum absolute atomic E-state index is 0.148. The van der Waals surface area contributed by atoms with Gasteiger partial charge in [-0.15, -0.1) is 11.3 Å². The number of carbonyl (C=O) groups is 1. The van der Waals surface area contributed by atoms with E-state index >= 15 is 0 Å². The average molecular weight is 322 g/mol. The molecule has 0 aliphatic carbocycles. The summed E-state index contributed by atoms with van der Waals surface area (Å²) in [6.07, 6.45) is 1.83. The molecule has 6 heteroatoms. The number of rotatable bonds is 4. The molecular formula is C15H16ClN3OS. The number of halogens is 1. The third-order valence-corrected chi connectivity index (χ3v) is 4.68. The molecule has 4 nitrogen and oxygen atoms in total. The minimum Gasteiger partial charge on any atom is -0.346 e. The van der Waals surface area contributed by atoms with Crippen molar-refractivity contribution in [3.05, 3.63) is 46.4 Å². The third-order valence-electron chi connectivity index (χ3n) is 3.60. The second-order valence-corrected chi connectivity index (χ2v) is 6.32. The number of aromatic nitrogens is 1. The number of benzene rings is 1. The maximum absolute atomic E-state index is 12.2. The zero-order valence-corrected chi connectivity index (χ0v) is 13.1. The van der Waals surface area contributed by atoms with Crippen LogP contribution in [-0.4, -0.2) is 48.4 Å². The Morgan fingerprint density at radius 3 is 2.52 bits per heavy atom. The van der Waals surface area contributed by atoms with Crippen LogP contribution in [0.3, 0.4) is 0 Å². The molecule has 3 rings (SSSR count). The smallest absolute Gasteiger partial charge is 0.185 e. The van der Waals surface area contributed by atoms with Crippen LogP contribution >= 0.6 is 22.9 Å². The molecule has 1 aliphatic heterocycles. The van der Waals surface area contributed by atoms with Gasteiger partial charge in [0.15, 0.2) is 10.9 Å². The normalized spacial score (nSPS) is 16.1. The number of ketones is 1.